The maximum absolute atomic E-state index is 13.4. The van der Waals surface area contributed by atoms with E-state index in [4.69, 9.17) is 9.47 Å². The van der Waals surface area contributed by atoms with E-state index in [9.17, 15) is 14.4 Å². The number of carbonyl (C=O) groups is 3. The highest BCUT2D eigenvalue weighted by Crippen LogP contribution is 2.30. The molecule has 0 spiro atoms. The monoisotopic (exact) mass is 571 g/mol. The number of rotatable bonds is 7. The minimum absolute atomic E-state index is 0.0516. The minimum atomic E-state index is -0.601. The Bertz CT molecular complexity index is 1380. The molecule has 3 aromatic carbocycles. The van der Waals surface area contributed by atoms with E-state index < -0.39 is 6.09 Å². The lowest BCUT2D eigenvalue weighted by atomic mass is 10.1. The number of carbonyl (C=O) groups excluding carboxylic acids is 3. The van der Waals surface area contributed by atoms with Gasteiger partial charge in [0, 0.05) is 56.9 Å². The van der Waals surface area contributed by atoms with Crippen LogP contribution < -0.4 is 20.3 Å². The summed E-state index contributed by atoms with van der Waals surface area (Å²) in [4.78, 5) is 45.2. The van der Waals surface area contributed by atoms with Gasteiger partial charge < -0.3 is 29.5 Å². The molecule has 2 saturated heterocycles. The van der Waals surface area contributed by atoms with Gasteiger partial charge in [0.15, 0.2) is 0 Å². The summed E-state index contributed by atoms with van der Waals surface area (Å²) in [5.41, 5.74) is 3.24. The Morgan fingerprint density at radius 2 is 1.52 bits per heavy atom. The van der Waals surface area contributed by atoms with Gasteiger partial charge >= 0.3 is 6.09 Å². The molecule has 0 atom stereocenters. The van der Waals surface area contributed by atoms with Crippen molar-refractivity contribution in [2.24, 2.45) is 0 Å². The molecule has 0 aromatic heterocycles. The van der Waals surface area contributed by atoms with Crippen LogP contribution in [-0.2, 0) is 11.3 Å². The first-order chi connectivity index (χ1) is 20.5. The molecule has 42 heavy (non-hydrogen) atoms. The van der Waals surface area contributed by atoms with Crippen LogP contribution in [0.15, 0.2) is 72.8 Å². The van der Waals surface area contributed by atoms with Crippen LogP contribution in [0.3, 0.4) is 0 Å². The third kappa shape index (κ3) is 7.19. The Kier molecular flexibility index (Phi) is 9.55. The van der Waals surface area contributed by atoms with Crippen LogP contribution in [0, 0.1) is 0 Å². The van der Waals surface area contributed by atoms with Gasteiger partial charge in [-0.25, -0.2) is 4.79 Å². The molecule has 3 aromatic rings. The molecule has 2 N–H and O–H groups in total. The first-order valence-electron chi connectivity index (χ1n) is 14.3. The van der Waals surface area contributed by atoms with Crippen molar-refractivity contribution in [2.75, 3.05) is 69.7 Å². The zero-order chi connectivity index (χ0) is 29.3. The third-order valence-corrected chi connectivity index (χ3v) is 7.54. The van der Waals surface area contributed by atoms with E-state index in [1.165, 1.54) is 0 Å². The Morgan fingerprint density at radius 1 is 0.786 bits per heavy atom. The first-order valence-corrected chi connectivity index (χ1v) is 14.3. The topological polar surface area (TPSA) is 103 Å². The summed E-state index contributed by atoms with van der Waals surface area (Å²) in [6.45, 7) is 5.22. The van der Waals surface area contributed by atoms with E-state index in [2.05, 4.69) is 15.5 Å². The summed E-state index contributed by atoms with van der Waals surface area (Å²) in [6, 6.07) is 22.0. The fourth-order valence-corrected chi connectivity index (χ4v) is 5.23. The number of methoxy groups -OCH3 is 1. The number of anilines is 2. The van der Waals surface area contributed by atoms with Gasteiger partial charge in [0.05, 0.1) is 18.5 Å². The summed E-state index contributed by atoms with van der Waals surface area (Å²) >= 11 is 0. The number of nitrogens with zero attached hydrogens (tertiary/aromatic N) is 3. The Balaban J connectivity index is 1.31. The summed E-state index contributed by atoms with van der Waals surface area (Å²) < 4.78 is 10.8. The molecule has 0 saturated carbocycles. The van der Waals surface area contributed by atoms with E-state index in [-0.39, 0.29) is 18.4 Å². The molecule has 2 fully saturated rings. The molecule has 2 heterocycles. The standard InChI is InChI=1S/C32H37N5O5/c1-41-27-10-5-9-25(21-27)30(38)37-19-17-35(18-20-37)29-12-11-26(31(39)36-15-6-13-33-14-16-36)22-28(29)34-32(40)42-23-24-7-3-2-4-8-24/h2-5,7-12,21-22,33H,6,13-20,23H2,1H3,(H,34,40). The molecule has 2 aliphatic heterocycles. The van der Waals surface area contributed by atoms with Crippen LogP contribution in [0.5, 0.6) is 5.75 Å². The summed E-state index contributed by atoms with van der Waals surface area (Å²) in [5, 5.41) is 6.20. The second kappa shape index (κ2) is 13.9. The molecular formula is C32H37N5O5. The van der Waals surface area contributed by atoms with Gasteiger partial charge in [-0.3, -0.25) is 14.9 Å². The Morgan fingerprint density at radius 3 is 2.29 bits per heavy atom. The second-order valence-electron chi connectivity index (χ2n) is 10.3. The fourth-order valence-electron chi connectivity index (χ4n) is 5.23. The van der Waals surface area contributed by atoms with Gasteiger partial charge in [-0.05, 0) is 54.9 Å². The Hall–Kier alpha value is -4.57. The molecule has 0 bridgehead atoms. The van der Waals surface area contributed by atoms with Crippen LogP contribution in [0.2, 0.25) is 0 Å². The SMILES string of the molecule is COc1cccc(C(=O)N2CCN(c3ccc(C(=O)N4CCCNCC4)cc3NC(=O)OCc3ccccc3)CC2)c1. The number of piperazine rings is 1. The number of benzene rings is 3. The summed E-state index contributed by atoms with van der Waals surface area (Å²) in [7, 11) is 1.58. The normalized spacial score (nSPS) is 15.5. The van der Waals surface area contributed by atoms with E-state index in [0.29, 0.717) is 61.8 Å². The van der Waals surface area contributed by atoms with Crippen LogP contribution in [-0.4, -0.2) is 87.2 Å². The molecule has 10 heteroatoms. The number of nitrogens with one attached hydrogen (secondary N) is 2. The highest BCUT2D eigenvalue weighted by atomic mass is 16.5. The van der Waals surface area contributed by atoms with Gasteiger partial charge in [-0.15, -0.1) is 0 Å². The van der Waals surface area contributed by atoms with Gasteiger partial charge in [0.25, 0.3) is 11.8 Å². The van der Waals surface area contributed by atoms with Crippen molar-refractivity contribution in [3.05, 3.63) is 89.5 Å². The average Bonchev–Trinajstić information content (AvgIpc) is 3.33. The van der Waals surface area contributed by atoms with Crippen molar-refractivity contribution in [1.82, 2.24) is 15.1 Å². The fraction of sp³-hybridized carbons (Fsp3) is 0.344. The van der Waals surface area contributed by atoms with Crippen molar-refractivity contribution in [3.8, 4) is 5.75 Å². The van der Waals surface area contributed by atoms with Crippen molar-refractivity contribution < 1.29 is 23.9 Å². The van der Waals surface area contributed by atoms with Gasteiger partial charge in [-0.2, -0.15) is 0 Å². The van der Waals surface area contributed by atoms with Gasteiger partial charge in [0.1, 0.15) is 12.4 Å². The predicted molar refractivity (Wildman–Crippen MR) is 161 cm³/mol. The van der Waals surface area contributed by atoms with Gasteiger partial charge in [-0.1, -0.05) is 36.4 Å². The maximum atomic E-state index is 13.4. The maximum Gasteiger partial charge on any atom is 0.412 e. The van der Waals surface area contributed by atoms with Crippen molar-refractivity contribution >= 4 is 29.3 Å². The van der Waals surface area contributed by atoms with E-state index in [1.807, 2.05) is 64.4 Å². The highest BCUT2D eigenvalue weighted by Gasteiger charge is 2.26. The predicted octanol–water partition coefficient (Wildman–Crippen LogP) is 3.84. The lowest BCUT2D eigenvalue weighted by molar-refractivity contribution is 0.0743. The molecule has 10 nitrogen and oxygen atoms in total. The van der Waals surface area contributed by atoms with E-state index in [0.717, 1.165) is 30.8 Å². The number of ether oxygens (including phenoxy) is 2. The quantitative estimate of drug-likeness (QED) is 0.444. The summed E-state index contributed by atoms with van der Waals surface area (Å²) in [5.74, 6) is 0.518. The average molecular weight is 572 g/mol. The first kappa shape index (κ1) is 28.9. The van der Waals surface area contributed by atoms with E-state index >= 15 is 0 Å². The lowest BCUT2D eigenvalue weighted by Crippen LogP contribution is -2.49. The second-order valence-corrected chi connectivity index (χ2v) is 10.3. The lowest BCUT2D eigenvalue weighted by Gasteiger charge is -2.37. The molecule has 5 rings (SSSR count). The molecule has 220 valence electrons. The molecule has 0 radical (unpaired) electrons. The molecule has 3 amide bonds. The van der Waals surface area contributed by atoms with Crippen LogP contribution in [0.4, 0.5) is 16.2 Å². The van der Waals surface area contributed by atoms with Gasteiger partial charge in [0.2, 0.25) is 0 Å². The van der Waals surface area contributed by atoms with Crippen molar-refractivity contribution in [1.29, 1.82) is 0 Å². The number of hydrogen-bond acceptors (Lipinski definition) is 7. The molecule has 0 aliphatic carbocycles. The number of amides is 3. The highest BCUT2D eigenvalue weighted by molar-refractivity contribution is 5.99. The molecular weight excluding hydrogens is 534 g/mol. The largest absolute Gasteiger partial charge is 0.497 e. The van der Waals surface area contributed by atoms with E-state index in [1.54, 1.807) is 25.3 Å². The summed E-state index contributed by atoms with van der Waals surface area (Å²) in [6.07, 6.45) is 0.287. The van der Waals surface area contributed by atoms with Crippen LogP contribution in [0.25, 0.3) is 0 Å². The van der Waals surface area contributed by atoms with Crippen molar-refractivity contribution in [2.45, 2.75) is 13.0 Å². The minimum Gasteiger partial charge on any atom is -0.497 e. The number of hydrogen-bond donors (Lipinski definition) is 2. The van der Waals surface area contributed by atoms with Crippen LogP contribution >= 0.6 is 0 Å². The zero-order valence-corrected chi connectivity index (χ0v) is 23.9. The zero-order valence-electron chi connectivity index (χ0n) is 23.9. The smallest absolute Gasteiger partial charge is 0.412 e. The Labute approximate surface area is 246 Å². The molecule has 0 unspecified atom stereocenters. The molecule has 2 aliphatic rings. The van der Waals surface area contributed by atoms with Crippen molar-refractivity contribution in [3.63, 3.8) is 0 Å². The third-order valence-electron chi connectivity index (χ3n) is 7.54. The van der Waals surface area contributed by atoms with Crippen LogP contribution in [0.1, 0.15) is 32.7 Å².